The minimum Gasteiger partial charge on any atom is -0.381 e. The van der Waals surface area contributed by atoms with Crippen molar-refractivity contribution in [3.63, 3.8) is 0 Å². The molecule has 3 rings (SSSR count). The van der Waals surface area contributed by atoms with Crippen molar-refractivity contribution in [1.29, 1.82) is 0 Å². The number of hydrogen-bond acceptors (Lipinski definition) is 4. The molecule has 140 valence electrons. The minimum atomic E-state index is -3.65. The molecule has 6 heteroatoms. The number of sulfonamides is 1. The van der Waals surface area contributed by atoms with Gasteiger partial charge in [-0.05, 0) is 62.3 Å². The van der Waals surface area contributed by atoms with E-state index in [1.54, 1.807) is 12.4 Å². The number of aromatic nitrogens is 1. The van der Waals surface area contributed by atoms with Gasteiger partial charge in [-0.2, -0.15) is 0 Å². The average molecular weight is 375 g/mol. The summed E-state index contributed by atoms with van der Waals surface area (Å²) in [4.78, 5) is 4.56. The van der Waals surface area contributed by atoms with Crippen LogP contribution in [0.4, 0.5) is 0 Å². The van der Waals surface area contributed by atoms with Gasteiger partial charge < -0.3 is 4.74 Å². The molecule has 2 aromatic rings. The van der Waals surface area contributed by atoms with Crippen LogP contribution in [0.1, 0.15) is 41.1 Å². The maximum absolute atomic E-state index is 13.2. The van der Waals surface area contributed by atoms with Gasteiger partial charge in [0.15, 0.2) is 0 Å². The van der Waals surface area contributed by atoms with Gasteiger partial charge in [0.2, 0.25) is 10.0 Å². The molecule has 5 nitrogen and oxygen atoms in total. The van der Waals surface area contributed by atoms with Gasteiger partial charge in [-0.1, -0.05) is 23.8 Å². The molecule has 1 unspecified atom stereocenters. The first-order chi connectivity index (χ1) is 12.4. The van der Waals surface area contributed by atoms with Crippen LogP contribution in [0.25, 0.3) is 0 Å². The molecule has 0 amide bonds. The van der Waals surface area contributed by atoms with Gasteiger partial charge in [-0.15, -0.1) is 0 Å². The fourth-order valence-electron chi connectivity index (χ4n) is 3.86. The number of hydrogen-bond donors (Lipinski definition) is 1. The van der Waals surface area contributed by atoms with Crippen molar-refractivity contribution >= 4 is 10.0 Å². The van der Waals surface area contributed by atoms with Gasteiger partial charge in [0, 0.05) is 25.6 Å². The smallest absolute Gasteiger partial charge is 0.241 e. The topological polar surface area (TPSA) is 68.3 Å². The summed E-state index contributed by atoms with van der Waals surface area (Å²) >= 11 is 0. The predicted molar refractivity (Wildman–Crippen MR) is 101 cm³/mol. The molecular weight excluding hydrogens is 348 g/mol. The van der Waals surface area contributed by atoms with Crippen LogP contribution < -0.4 is 4.72 Å². The number of pyridine rings is 1. The highest BCUT2D eigenvalue weighted by Gasteiger charge is 2.31. The van der Waals surface area contributed by atoms with E-state index < -0.39 is 10.0 Å². The Morgan fingerprint density at radius 3 is 2.38 bits per heavy atom. The molecule has 1 atom stereocenters. The lowest BCUT2D eigenvalue weighted by Crippen LogP contribution is -2.36. The van der Waals surface area contributed by atoms with Crippen molar-refractivity contribution in [2.24, 2.45) is 5.92 Å². The lowest BCUT2D eigenvalue weighted by Gasteiger charge is -2.31. The standard InChI is InChI=1S/C20H26N2O3S/c1-14-11-15(2)20(16(3)12-14)26(23,24)22-19(17-6-9-25-10-7-17)18-5-4-8-21-13-18/h4-5,8,11-13,17,19,22H,6-7,9-10H2,1-3H3. The van der Waals surface area contributed by atoms with Crippen LogP contribution in [0.15, 0.2) is 41.6 Å². The van der Waals surface area contributed by atoms with E-state index in [0.717, 1.165) is 35.1 Å². The van der Waals surface area contributed by atoms with E-state index in [-0.39, 0.29) is 12.0 Å². The largest absolute Gasteiger partial charge is 0.381 e. The van der Waals surface area contributed by atoms with Crippen LogP contribution in [0.2, 0.25) is 0 Å². The van der Waals surface area contributed by atoms with E-state index in [1.165, 1.54) is 0 Å². The average Bonchev–Trinajstić information content (AvgIpc) is 2.60. The summed E-state index contributed by atoms with van der Waals surface area (Å²) in [5.74, 6) is 0.189. The first-order valence-corrected chi connectivity index (χ1v) is 10.4. The van der Waals surface area contributed by atoms with Gasteiger partial charge in [0.05, 0.1) is 10.9 Å². The third-order valence-corrected chi connectivity index (χ3v) is 6.68. The van der Waals surface area contributed by atoms with Crippen molar-refractivity contribution in [1.82, 2.24) is 9.71 Å². The Bertz CT molecular complexity index is 837. The Hall–Kier alpha value is -1.76. The number of ether oxygens (including phenoxy) is 1. The second kappa shape index (κ2) is 7.86. The molecule has 1 aliphatic heterocycles. The van der Waals surface area contributed by atoms with Gasteiger partial charge in [0.25, 0.3) is 0 Å². The third kappa shape index (κ3) is 4.14. The SMILES string of the molecule is Cc1cc(C)c(S(=O)(=O)NC(c2cccnc2)C2CCOCC2)c(C)c1. The van der Waals surface area contributed by atoms with Gasteiger partial charge in [-0.25, -0.2) is 13.1 Å². The van der Waals surface area contributed by atoms with Crippen LogP contribution in [-0.2, 0) is 14.8 Å². The second-order valence-corrected chi connectivity index (χ2v) is 8.71. The molecule has 1 aromatic carbocycles. The molecule has 2 heterocycles. The summed E-state index contributed by atoms with van der Waals surface area (Å²) < 4.78 is 34.9. The minimum absolute atomic E-state index is 0.189. The fourth-order valence-corrected chi connectivity index (χ4v) is 5.61. The number of nitrogens with one attached hydrogen (secondary N) is 1. The zero-order chi connectivity index (χ0) is 18.7. The summed E-state index contributed by atoms with van der Waals surface area (Å²) in [7, 11) is -3.65. The molecule has 1 saturated heterocycles. The molecule has 0 spiro atoms. The predicted octanol–water partition coefficient (Wildman–Crippen LogP) is 3.45. The molecule has 1 fully saturated rings. The van der Waals surface area contributed by atoms with Gasteiger partial charge in [0.1, 0.15) is 0 Å². The normalized spacial score (nSPS) is 17.2. The molecule has 26 heavy (non-hydrogen) atoms. The molecule has 1 aromatic heterocycles. The molecule has 0 saturated carbocycles. The zero-order valence-electron chi connectivity index (χ0n) is 15.5. The summed E-state index contributed by atoms with van der Waals surface area (Å²) in [6, 6.07) is 7.30. The summed E-state index contributed by atoms with van der Waals surface area (Å²) in [5.41, 5.74) is 3.50. The Balaban J connectivity index is 1.98. The Labute approximate surface area is 155 Å². The fraction of sp³-hybridized carbons (Fsp3) is 0.450. The monoisotopic (exact) mass is 374 g/mol. The van der Waals surface area contributed by atoms with Crippen molar-refractivity contribution in [3.8, 4) is 0 Å². The zero-order valence-corrected chi connectivity index (χ0v) is 16.3. The first kappa shape index (κ1) is 19.0. The van der Waals surface area contributed by atoms with Crippen LogP contribution in [0.3, 0.4) is 0 Å². The highest BCUT2D eigenvalue weighted by molar-refractivity contribution is 7.89. The van der Waals surface area contributed by atoms with E-state index in [4.69, 9.17) is 4.74 Å². The van der Waals surface area contributed by atoms with E-state index in [2.05, 4.69) is 9.71 Å². The quantitative estimate of drug-likeness (QED) is 0.870. The highest BCUT2D eigenvalue weighted by atomic mass is 32.2. The summed E-state index contributed by atoms with van der Waals surface area (Å²) in [6.07, 6.45) is 5.10. The number of rotatable bonds is 5. The highest BCUT2D eigenvalue weighted by Crippen LogP contribution is 2.32. The van der Waals surface area contributed by atoms with Crippen molar-refractivity contribution < 1.29 is 13.2 Å². The number of benzene rings is 1. The van der Waals surface area contributed by atoms with E-state index in [9.17, 15) is 8.42 Å². The van der Waals surface area contributed by atoms with Crippen LogP contribution in [0.5, 0.6) is 0 Å². The first-order valence-electron chi connectivity index (χ1n) is 8.96. The van der Waals surface area contributed by atoms with Crippen molar-refractivity contribution in [3.05, 3.63) is 58.9 Å². The third-order valence-electron chi connectivity index (χ3n) is 4.94. The molecular formula is C20H26N2O3S. The number of aryl methyl sites for hydroxylation is 3. The maximum Gasteiger partial charge on any atom is 0.241 e. The Morgan fingerprint density at radius 2 is 1.81 bits per heavy atom. The molecule has 1 N–H and O–H groups in total. The molecule has 0 bridgehead atoms. The lowest BCUT2D eigenvalue weighted by atomic mass is 9.88. The summed E-state index contributed by atoms with van der Waals surface area (Å²) in [6.45, 7) is 6.99. The van der Waals surface area contributed by atoms with Crippen LogP contribution in [-0.4, -0.2) is 26.6 Å². The summed E-state index contributed by atoms with van der Waals surface area (Å²) in [5, 5.41) is 0. The van der Waals surface area contributed by atoms with E-state index in [0.29, 0.717) is 18.1 Å². The van der Waals surface area contributed by atoms with Gasteiger partial charge >= 0.3 is 0 Å². The van der Waals surface area contributed by atoms with E-state index in [1.807, 2.05) is 45.0 Å². The molecule has 0 aliphatic carbocycles. The lowest BCUT2D eigenvalue weighted by molar-refractivity contribution is 0.0564. The molecule has 0 radical (unpaired) electrons. The van der Waals surface area contributed by atoms with Gasteiger partial charge in [-0.3, -0.25) is 4.98 Å². The Morgan fingerprint density at radius 1 is 1.15 bits per heavy atom. The maximum atomic E-state index is 13.2. The number of nitrogens with zero attached hydrogens (tertiary/aromatic N) is 1. The van der Waals surface area contributed by atoms with Crippen molar-refractivity contribution in [2.75, 3.05) is 13.2 Å². The second-order valence-electron chi connectivity index (χ2n) is 7.06. The van der Waals surface area contributed by atoms with Crippen LogP contribution in [0, 0.1) is 26.7 Å². The molecule has 1 aliphatic rings. The van der Waals surface area contributed by atoms with Crippen molar-refractivity contribution in [2.45, 2.75) is 44.6 Å². The van der Waals surface area contributed by atoms with Crippen LogP contribution >= 0.6 is 0 Å². The Kier molecular flexibility index (Phi) is 5.75. The van der Waals surface area contributed by atoms with E-state index >= 15 is 0 Å².